The highest BCUT2D eigenvalue weighted by molar-refractivity contribution is 7.59. The minimum Gasteiger partial charge on any atom is -0.497 e. The Morgan fingerprint density at radius 3 is 1.39 bits per heavy atom. The van der Waals surface area contributed by atoms with Crippen LogP contribution in [0.25, 0.3) is 0 Å². The number of hydrogen-bond acceptors (Lipinski definition) is 6. The van der Waals surface area contributed by atoms with Crippen molar-refractivity contribution in [3.63, 3.8) is 0 Å². The number of rotatable bonds is 12. The number of benzene rings is 7. The minimum absolute atomic E-state index is 0. The molecule has 1 aliphatic carbocycles. The molecule has 7 aromatic carbocycles. The molecule has 2 N–H and O–H groups in total. The van der Waals surface area contributed by atoms with Gasteiger partial charge in [-0.1, -0.05) is 92.1 Å². The van der Waals surface area contributed by atoms with Gasteiger partial charge in [0.2, 0.25) is 5.91 Å². The summed E-state index contributed by atoms with van der Waals surface area (Å²) in [5.41, 5.74) is 9.71. The van der Waals surface area contributed by atoms with E-state index in [1.807, 2.05) is 54.6 Å². The van der Waals surface area contributed by atoms with Gasteiger partial charge in [-0.05, 0) is 121 Å². The first kappa shape index (κ1) is 42.2. The van der Waals surface area contributed by atoms with E-state index >= 15 is 0 Å². The second-order valence-corrected chi connectivity index (χ2v) is 15.1. The van der Waals surface area contributed by atoms with E-state index in [4.69, 9.17) is 9.47 Å². The molecule has 0 bridgehead atoms. The van der Waals surface area contributed by atoms with Gasteiger partial charge < -0.3 is 24.6 Å². The molecule has 0 spiro atoms. The Hall–Kier alpha value is -6.97. The van der Waals surface area contributed by atoms with Crippen LogP contribution >= 0.6 is 13.5 Å². The summed E-state index contributed by atoms with van der Waals surface area (Å²) >= 11 is 0. The van der Waals surface area contributed by atoms with E-state index < -0.39 is 6.09 Å². The quantitative estimate of drug-likeness (QED) is 0.128. The van der Waals surface area contributed by atoms with E-state index in [1.165, 1.54) is 37.3 Å². The standard InChI is InChI=1S/C52H48N4O4.H2S/c1-38(57)53-41-26-28-42(29-27-41)54-51(58)60-50-21-13-19-48(37-50)56(44-16-8-4-9-17-44)46-32-24-40(25-33-46)52(34-10-5-11-35-52)39-22-30-45(31-23-39)55(43-14-6-3-7-15-43)47-18-12-20-49(36-47)59-2;/h3-4,6-9,12-33,36-37H,5,10-11,34-35H2,1-2H3,(H,53,57)(H,54,58);1H2. The third kappa shape index (κ3) is 9.75. The largest absolute Gasteiger partial charge is 0.497 e. The third-order valence-electron chi connectivity index (χ3n) is 11.1. The Bertz CT molecular complexity index is 2530. The zero-order chi connectivity index (χ0) is 41.3. The normalized spacial score (nSPS) is 12.9. The second-order valence-electron chi connectivity index (χ2n) is 15.1. The summed E-state index contributed by atoms with van der Waals surface area (Å²) in [5.74, 6) is 1.05. The zero-order valence-electron chi connectivity index (χ0n) is 34.4. The lowest BCUT2D eigenvalue weighted by Crippen LogP contribution is -2.30. The van der Waals surface area contributed by atoms with Crippen molar-refractivity contribution in [1.82, 2.24) is 0 Å². The first-order valence-electron chi connectivity index (χ1n) is 20.4. The Kier molecular flexibility index (Phi) is 13.4. The fraction of sp³-hybridized carbons (Fsp3) is 0.154. The monoisotopic (exact) mass is 826 g/mol. The molecule has 2 amide bonds. The average Bonchev–Trinajstić information content (AvgIpc) is 3.29. The molecule has 0 heterocycles. The first-order valence-corrected chi connectivity index (χ1v) is 20.4. The number of nitrogens with one attached hydrogen (secondary N) is 2. The summed E-state index contributed by atoms with van der Waals surface area (Å²) in [5, 5.41) is 5.49. The highest BCUT2D eigenvalue weighted by atomic mass is 32.1. The number of carbonyl (C=O) groups is 2. The van der Waals surface area contributed by atoms with Crippen LogP contribution in [0, 0.1) is 0 Å². The van der Waals surface area contributed by atoms with E-state index in [0.717, 1.165) is 52.7 Å². The molecule has 7 aromatic rings. The fourth-order valence-electron chi connectivity index (χ4n) is 8.33. The summed E-state index contributed by atoms with van der Waals surface area (Å²) in [6, 6.07) is 61.4. The van der Waals surface area contributed by atoms with Gasteiger partial charge in [0, 0.05) is 70.0 Å². The van der Waals surface area contributed by atoms with Crippen LogP contribution in [0.15, 0.2) is 182 Å². The van der Waals surface area contributed by atoms with Gasteiger partial charge in [-0.3, -0.25) is 10.1 Å². The molecule has 308 valence electrons. The van der Waals surface area contributed by atoms with E-state index in [9.17, 15) is 9.59 Å². The lowest BCUT2D eigenvalue weighted by molar-refractivity contribution is -0.114. The van der Waals surface area contributed by atoms with Crippen molar-refractivity contribution < 1.29 is 19.1 Å². The maximum absolute atomic E-state index is 13.0. The smallest absolute Gasteiger partial charge is 0.417 e. The Morgan fingerprint density at radius 2 is 0.918 bits per heavy atom. The van der Waals surface area contributed by atoms with E-state index in [-0.39, 0.29) is 24.8 Å². The predicted octanol–water partition coefficient (Wildman–Crippen LogP) is 13.6. The van der Waals surface area contributed by atoms with Gasteiger partial charge >= 0.3 is 6.09 Å². The molecule has 0 atom stereocenters. The molecular weight excluding hydrogens is 777 g/mol. The first-order chi connectivity index (χ1) is 29.4. The molecule has 0 radical (unpaired) electrons. The van der Waals surface area contributed by atoms with Crippen LogP contribution < -0.4 is 29.9 Å². The van der Waals surface area contributed by atoms with Crippen LogP contribution in [0.3, 0.4) is 0 Å². The number of ether oxygens (including phenoxy) is 2. The van der Waals surface area contributed by atoms with E-state index in [0.29, 0.717) is 17.1 Å². The van der Waals surface area contributed by atoms with Crippen LogP contribution in [0.1, 0.15) is 50.2 Å². The van der Waals surface area contributed by atoms with Crippen molar-refractivity contribution in [3.05, 3.63) is 193 Å². The van der Waals surface area contributed by atoms with E-state index in [2.05, 4.69) is 117 Å². The van der Waals surface area contributed by atoms with Crippen molar-refractivity contribution in [2.45, 2.75) is 44.4 Å². The topological polar surface area (TPSA) is 83.1 Å². The van der Waals surface area contributed by atoms with Gasteiger partial charge in [-0.15, -0.1) is 0 Å². The molecule has 1 aliphatic rings. The van der Waals surface area contributed by atoms with Crippen molar-refractivity contribution in [2.75, 3.05) is 27.5 Å². The number of para-hydroxylation sites is 2. The van der Waals surface area contributed by atoms with Crippen LogP contribution in [-0.2, 0) is 10.2 Å². The highest BCUT2D eigenvalue weighted by Gasteiger charge is 2.36. The van der Waals surface area contributed by atoms with Crippen LogP contribution in [-0.4, -0.2) is 19.1 Å². The number of carbonyl (C=O) groups excluding carboxylic acids is 2. The lowest BCUT2D eigenvalue weighted by atomic mass is 9.65. The third-order valence-corrected chi connectivity index (χ3v) is 11.1. The van der Waals surface area contributed by atoms with Crippen LogP contribution in [0.2, 0.25) is 0 Å². The van der Waals surface area contributed by atoms with Crippen LogP contribution in [0.5, 0.6) is 11.5 Å². The Morgan fingerprint density at radius 1 is 0.492 bits per heavy atom. The molecule has 1 saturated carbocycles. The van der Waals surface area contributed by atoms with E-state index in [1.54, 1.807) is 37.4 Å². The van der Waals surface area contributed by atoms with Crippen LogP contribution in [0.4, 0.5) is 50.3 Å². The maximum atomic E-state index is 13.0. The van der Waals surface area contributed by atoms with Gasteiger partial charge in [0.25, 0.3) is 0 Å². The Labute approximate surface area is 365 Å². The number of methoxy groups -OCH3 is 1. The summed E-state index contributed by atoms with van der Waals surface area (Å²) in [7, 11) is 1.70. The molecule has 0 unspecified atom stereocenters. The minimum atomic E-state index is -0.617. The Balaban J connectivity index is 0.00000561. The SMILES string of the molecule is COc1cccc(N(c2ccccc2)c2ccc(C3(c4ccc(N(c5ccccc5)c5cccc(OC(=O)Nc6ccc(NC(C)=O)cc6)c5)cc4)CCCCC3)cc2)c1.S. The average molecular weight is 827 g/mol. The molecule has 0 saturated heterocycles. The number of nitrogens with zero attached hydrogens (tertiary/aromatic N) is 2. The molecule has 61 heavy (non-hydrogen) atoms. The summed E-state index contributed by atoms with van der Waals surface area (Å²) < 4.78 is 11.4. The van der Waals surface area contributed by atoms with Crippen molar-refractivity contribution in [1.29, 1.82) is 0 Å². The number of anilines is 8. The summed E-state index contributed by atoms with van der Waals surface area (Å²) in [6.45, 7) is 1.45. The van der Waals surface area contributed by atoms with Gasteiger partial charge in [-0.2, -0.15) is 13.5 Å². The van der Waals surface area contributed by atoms with Crippen molar-refractivity contribution >= 4 is 71.0 Å². The van der Waals surface area contributed by atoms with Gasteiger partial charge in [0.1, 0.15) is 11.5 Å². The zero-order valence-corrected chi connectivity index (χ0v) is 35.4. The molecule has 0 aliphatic heterocycles. The number of hydrogen-bond donors (Lipinski definition) is 2. The summed E-state index contributed by atoms with van der Waals surface area (Å²) in [6.07, 6.45) is 5.11. The molecule has 1 fully saturated rings. The summed E-state index contributed by atoms with van der Waals surface area (Å²) in [4.78, 5) is 28.8. The molecule has 8 rings (SSSR count). The number of amides is 2. The van der Waals surface area contributed by atoms with Crippen molar-refractivity contribution in [3.8, 4) is 11.5 Å². The highest BCUT2D eigenvalue weighted by Crippen LogP contribution is 2.47. The van der Waals surface area contributed by atoms with Gasteiger partial charge in [0.15, 0.2) is 0 Å². The predicted molar refractivity (Wildman–Crippen MR) is 253 cm³/mol. The molecule has 8 nitrogen and oxygen atoms in total. The van der Waals surface area contributed by atoms with Gasteiger partial charge in [-0.25, -0.2) is 4.79 Å². The maximum Gasteiger partial charge on any atom is 0.417 e. The fourth-order valence-corrected chi connectivity index (χ4v) is 8.33. The molecule has 9 heteroatoms. The molecule has 0 aromatic heterocycles. The lowest BCUT2D eigenvalue weighted by Gasteiger charge is -2.39. The second kappa shape index (κ2) is 19.4. The molecular formula is C52H50N4O4S. The van der Waals surface area contributed by atoms with Gasteiger partial charge in [0.05, 0.1) is 7.11 Å². The van der Waals surface area contributed by atoms with Crippen molar-refractivity contribution in [2.24, 2.45) is 0 Å².